The summed E-state index contributed by atoms with van der Waals surface area (Å²) < 4.78 is 49.7. The first-order valence-corrected chi connectivity index (χ1v) is 37.4. The molecule has 36 nitrogen and oxygen atoms in total. The minimum Gasteiger partial charge on any atom is -0.393 e. The van der Waals surface area contributed by atoms with E-state index < -0.39 is 164 Å². The number of aliphatic hydroxyl groups is 4. The lowest BCUT2D eigenvalue weighted by molar-refractivity contribution is -0.256. The highest BCUT2D eigenvalue weighted by molar-refractivity contribution is 7.93. The maximum Gasteiger partial charge on any atom is 0.330 e. The molecule has 4 aromatic rings. The van der Waals surface area contributed by atoms with Gasteiger partial charge in [-0.05, 0) is 31.9 Å². The van der Waals surface area contributed by atoms with Gasteiger partial charge in [-0.1, -0.05) is 47.7 Å². The summed E-state index contributed by atoms with van der Waals surface area (Å²) in [5.74, 6) is 0. The molecule has 4 aromatic heterocycles. The zero-order valence-corrected chi connectivity index (χ0v) is 58.8. The number of aromatic amines is 4. The number of hydroxylamine groups is 8. The first kappa shape index (κ1) is 76.2. The second kappa shape index (κ2) is 30.5. The molecule has 8 saturated heterocycles. The van der Waals surface area contributed by atoms with Gasteiger partial charge in [-0.25, -0.2) is 23.4 Å². The van der Waals surface area contributed by atoms with Gasteiger partial charge in [-0.3, -0.25) is 76.7 Å². The lowest BCUT2D eigenvalue weighted by atomic mass is 9.91. The Bertz CT molecular complexity index is 3860. The largest absolute Gasteiger partial charge is 0.393 e. The van der Waals surface area contributed by atoms with Crippen molar-refractivity contribution >= 4 is 35.3 Å². The number of nitrogens with one attached hydrogen (secondary N) is 4. The quantitative estimate of drug-likeness (QED) is 0.0389. The molecule has 12 rings (SSSR count). The summed E-state index contributed by atoms with van der Waals surface area (Å²) >= 11 is 0. The van der Waals surface area contributed by atoms with E-state index in [1.165, 1.54) is 67.8 Å². The molecule has 0 saturated carbocycles. The second-order valence-electron chi connectivity index (χ2n) is 26.1. The van der Waals surface area contributed by atoms with Crippen LogP contribution in [0.3, 0.4) is 0 Å². The highest BCUT2D eigenvalue weighted by Crippen LogP contribution is 2.53. The van der Waals surface area contributed by atoms with Gasteiger partial charge in [-0.2, -0.15) is 25.5 Å². The number of ether oxygens (including phenoxy) is 4. The Morgan fingerprint density at radius 1 is 0.604 bits per heavy atom. The van der Waals surface area contributed by atoms with E-state index in [1.807, 2.05) is 26.6 Å². The van der Waals surface area contributed by atoms with E-state index in [9.17, 15) is 58.8 Å². The predicted molar refractivity (Wildman–Crippen MR) is 345 cm³/mol. The van der Waals surface area contributed by atoms with Gasteiger partial charge in [0.25, 0.3) is 22.2 Å². The van der Waals surface area contributed by atoms with Gasteiger partial charge in [0.2, 0.25) is 0 Å². The first-order valence-electron chi connectivity index (χ1n) is 30.6. The van der Waals surface area contributed by atoms with Gasteiger partial charge < -0.3 is 48.4 Å². The van der Waals surface area contributed by atoms with Crippen molar-refractivity contribution in [1.29, 1.82) is 5.26 Å². The monoisotopic (exact) mass is 1430 g/mol. The summed E-state index contributed by atoms with van der Waals surface area (Å²) in [4.78, 5) is 125. The molecule has 0 spiro atoms. The standard InChI is InChI=1S/C17H29N3O5Si.C16H23N4O6P.C12H17N3O5.C11H15N3O6.HOPS/c1-16(2,3)26(5,6)10-17-9-19(4)25-12(13(17)22)14(24-17)20-8-7-11(21)18-15(20)23;1-4-16-10-19(2)25-12(13(16)26-27(3)23-9-5-7-17)14(24-16)20-8-6-11(21)18-15(20)22;1-3-12-6-14(2)20-8(9(12)17)10(19-12)15-5-4-7(16)13-11(15)18;1-13-4-11(5-15)8(17)7(20-13)9(19-11)14-3-2-6(16)12-10(14)18;1-3-2/h7-8,12-14,22H,9-10H2,1-6H3,(H,18,21,23);6,8,12-14H,4-5,9-10H2,1-3H3,(H,18,21,22);4-5,8-10,17H,3,6H2,1-2H3,(H,13,16,18);2-3,7-9,15,17H,4-5H2,1H3,(H,12,16,18);2H/t12-,13+,14-,17-;12-,13+,14-,16+,27?;8-,9+,10-,12+;7-,8+,9-,11-;/m1111./s1. The molecule has 0 aromatic carbocycles. The summed E-state index contributed by atoms with van der Waals surface area (Å²) in [5, 5.41) is 56.4. The summed E-state index contributed by atoms with van der Waals surface area (Å²) in [6.07, 6.45) is -2.32. The number of hydrogen-bond donors (Lipinski definition) is 8. The van der Waals surface area contributed by atoms with Gasteiger partial charge in [-0.15, -0.1) is 0 Å². The molecule has 0 aliphatic carbocycles. The first-order chi connectivity index (χ1) is 45.1. The van der Waals surface area contributed by atoms with E-state index >= 15 is 0 Å². The summed E-state index contributed by atoms with van der Waals surface area (Å²) in [6, 6.07) is 7.71. The van der Waals surface area contributed by atoms with Crippen LogP contribution in [0.4, 0.5) is 0 Å². The number of rotatable bonds is 14. The zero-order valence-electron chi connectivity index (χ0n) is 55.0. The van der Waals surface area contributed by atoms with Crippen LogP contribution in [0.5, 0.6) is 0 Å². The molecule has 8 aliphatic heterocycles. The van der Waals surface area contributed by atoms with Crippen molar-refractivity contribution in [3.63, 3.8) is 0 Å². The maximum absolute atomic E-state index is 12.3. The van der Waals surface area contributed by atoms with Crippen LogP contribution in [-0.2, 0) is 58.2 Å². The summed E-state index contributed by atoms with van der Waals surface area (Å²) in [6.45, 7) is 18.3. The molecule has 8 bridgehead atoms. The molecule has 0 radical (unpaired) electrons. The lowest BCUT2D eigenvalue weighted by Crippen LogP contribution is -2.60. The fourth-order valence-corrected chi connectivity index (χ4v) is 16.4. The lowest BCUT2D eigenvalue weighted by Gasteiger charge is -2.47. The third kappa shape index (κ3) is 15.7. The molecular formula is C56H85N13O23P2SSi. The van der Waals surface area contributed by atoms with E-state index in [0.29, 0.717) is 49.9 Å². The van der Waals surface area contributed by atoms with E-state index in [-0.39, 0.29) is 18.0 Å². The normalized spacial score (nSPS) is 33.4. The second-order valence-corrected chi connectivity index (χ2v) is 33.7. The molecule has 17 atom stereocenters. The van der Waals surface area contributed by atoms with Crippen LogP contribution >= 0.6 is 16.4 Å². The van der Waals surface area contributed by atoms with E-state index in [0.717, 1.165) is 10.6 Å². The van der Waals surface area contributed by atoms with Crippen molar-refractivity contribution in [2.75, 3.05) is 74.2 Å². The highest BCUT2D eigenvalue weighted by Gasteiger charge is 2.65. The van der Waals surface area contributed by atoms with Crippen molar-refractivity contribution in [1.82, 2.24) is 58.5 Å². The average molecular weight is 1430 g/mol. The van der Waals surface area contributed by atoms with Gasteiger partial charge in [0, 0.05) is 83.9 Å². The molecule has 96 heavy (non-hydrogen) atoms. The molecular weight excluding hydrogens is 1340 g/mol. The van der Waals surface area contributed by atoms with Crippen molar-refractivity contribution in [3.8, 4) is 6.07 Å². The van der Waals surface area contributed by atoms with Crippen LogP contribution < -0.4 is 45.0 Å². The molecule has 40 heteroatoms. The Morgan fingerprint density at radius 2 is 0.917 bits per heavy atom. The van der Waals surface area contributed by atoms with Gasteiger partial charge in [0.15, 0.2) is 57.7 Å². The van der Waals surface area contributed by atoms with E-state index in [2.05, 4.69) is 61.8 Å². The van der Waals surface area contributed by atoms with Crippen LogP contribution in [0.15, 0.2) is 87.4 Å². The predicted octanol–water partition coefficient (Wildman–Crippen LogP) is -1.88. The number of likely N-dealkylation sites (N-methyl/N-ethyl adjacent to an activating group) is 4. The molecule has 0 amide bonds. The third-order valence-electron chi connectivity index (χ3n) is 18.6. The van der Waals surface area contributed by atoms with Crippen LogP contribution in [-0.4, -0.2) is 237 Å². The van der Waals surface area contributed by atoms with Crippen molar-refractivity contribution in [3.05, 3.63) is 132 Å². The van der Waals surface area contributed by atoms with E-state index in [1.54, 1.807) is 43.4 Å². The smallest absolute Gasteiger partial charge is 0.330 e. The molecule has 8 aliphatic rings. The minimum absolute atomic E-state index is 0.129. The minimum atomic E-state index is -1.80. The molecule has 532 valence electrons. The number of H-pyrrole nitrogens is 4. The van der Waals surface area contributed by atoms with Crippen LogP contribution in [0, 0.1) is 11.3 Å². The zero-order chi connectivity index (χ0) is 70.8. The van der Waals surface area contributed by atoms with Gasteiger partial charge in [0.05, 0.1) is 60.0 Å². The van der Waals surface area contributed by atoms with Crippen molar-refractivity contribution < 1.29 is 72.0 Å². The van der Waals surface area contributed by atoms with Crippen molar-refractivity contribution in [2.24, 2.45) is 0 Å². The van der Waals surface area contributed by atoms with Gasteiger partial charge >= 0.3 is 22.8 Å². The van der Waals surface area contributed by atoms with E-state index in [4.69, 9.17) is 56.8 Å². The summed E-state index contributed by atoms with van der Waals surface area (Å²) in [7, 11) is 6.80. The Kier molecular flexibility index (Phi) is 24.2. The average Bonchev–Trinajstić information content (AvgIpc) is 1.59. The van der Waals surface area contributed by atoms with Crippen LogP contribution in [0.25, 0.3) is 0 Å². The molecule has 12 heterocycles. The number of nitrogens with zero attached hydrogens (tertiary/aromatic N) is 9. The van der Waals surface area contributed by atoms with Crippen molar-refractivity contribution in [2.45, 2.75) is 174 Å². The number of aliphatic hydroxyl groups excluding tert-OH is 4. The number of fused-ring (bicyclic) bond motifs is 8. The Morgan fingerprint density at radius 3 is 1.28 bits per heavy atom. The Balaban J connectivity index is 0.000000163. The fraction of sp³-hybridized carbons (Fsp3) is 0.696. The topological polar surface area (TPSA) is 446 Å². The van der Waals surface area contributed by atoms with Crippen LogP contribution in [0.1, 0.15) is 78.8 Å². The number of aromatic nitrogens is 8. The number of nitriles is 1. The fourth-order valence-electron chi connectivity index (χ4n) is 12.9. The Hall–Kier alpha value is -5.54. The third-order valence-corrected chi connectivity index (χ3v) is 25.2. The van der Waals surface area contributed by atoms with Crippen LogP contribution in [0.2, 0.25) is 24.2 Å². The molecule has 8 N–H and O–H groups in total. The molecule has 8 fully saturated rings. The summed E-state index contributed by atoms with van der Waals surface area (Å²) in [5.41, 5.74) is -7.81. The number of hydrogen-bond acceptors (Lipinski definition) is 28. The highest BCUT2D eigenvalue weighted by atomic mass is 32.4. The SMILES string of the molecule is CC[C@@]12CN(C)O[C@@H]([C@H](n3ccc(=O)[nH]c3=O)O1)[C@@H]2O.CC[C@@]12CN(C)O[C@@H]([C@H](n3ccc(=O)[nH]c3=O)O1)[C@@H]2OP(C)OCCC#N.CN1C[C@]2(CO)O[C@@H](n3ccc(=O)[nH]c3=O)[C@H](O1)[C@@H]2O.CN1C[C@]2(C[Si](C)(C)C(C)(C)C)O[C@@H](n3ccc(=O)[nH]c3=O)[C@H](O1)[C@@H]2O.O=S=P. The maximum atomic E-state index is 12.3. The van der Waals surface area contributed by atoms with Gasteiger partial charge in [0.1, 0.15) is 57.7 Å². The molecule has 1 unspecified atom stereocenters. The Labute approximate surface area is 555 Å².